The predicted molar refractivity (Wildman–Crippen MR) is 69.1 cm³/mol. The van der Waals surface area contributed by atoms with Crippen molar-refractivity contribution in [1.82, 2.24) is 9.29 Å². The van der Waals surface area contributed by atoms with E-state index in [1.807, 2.05) is 6.92 Å². The van der Waals surface area contributed by atoms with Gasteiger partial charge in [0.2, 0.25) is 10.0 Å². The summed E-state index contributed by atoms with van der Waals surface area (Å²) in [6, 6.07) is 0.485. The number of aromatic amines is 1. The van der Waals surface area contributed by atoms with Gasteiger partial charge in [-0.25, -0.2) is 8.42 Å². The molecule has 0 saturated carbocycles. The van der Waals surface area contributed by atoms with E-state index in [9.17, 15) is 18.3 Å². The summed E-state index contributed by atoms with van der Waals surface area (Å²) in [6.45, 7) is 2.27. The first kappa shape index (κ1) is 14.1. The van der Waals surface area contributed by atoms with E-state index >= 15 is 0 Å². The molecule has 2 heterocycles. The van der Waals surface area contributed by atoms with Crippen molar-refractivity contribution in [3.05, 3.63) is 18.5 Å². The van der Waals surface area contributed by atoms with Crippen molar-refractivity contribution in [3.63, 3.8) is 0 Å². The molecule has 0 aliphatic carbocycles. The van der Waals surface area contributed by atoms with Gasteiger partial charge < -0.3 is 10.1 Å². The molecule has 0 amide bonds. The Morgan fingerprint density at radius 1 is 1.58 bits per heavy atom. The molecule has 7 heteroatoms. The van der Waals surface area contributed by atoms with Gasteiger partial charge in [-0.2, -0.15) is 4.31 Å². The van der Waals surface area contributed by atoms with Crippen molar-refractivity contribution in [2.75, 3.05) is 6.54 Å². The number of hydrogen-bond acceptors (Lipinski definition) is 3. The maximum atomic E-state index is 12.4. The number of piperidine rings is 1. The van der Waals surface area contributed by atoms with Crippen LogP contribution in [0.3, 0.4) is 0 Å². The molecule has 0 bridgehead atoms. The number of nitrogens with zero attached hydrogens (tertiary/aromatic N) is 1. The van der Waals surface area contributed by atoms with Gasteiger partial charge in [0.1, 0.15) is 6.04 Å². The summed E-state index contributed by atoms with van der Waals surface area (Å²) < 4.78 is 25.9. The number of rotatable bonds is 4. The summed E-state index contributed by atoms with van der Waals surface area (Å²) >= 11 is 0. The quantitative estimate of drug-likeness (QED) is 0.872. The number of hydrogen-bond donors (Lipinski definition) is 2. The van der Waals surface area contributed by atoms with Gasteiger partial charge in [-0.05, 0) is 24.8 Å². The summed E-state index contributed by atoms with van der Waals surface area (Å²) in [5.41, 5.74) is 0. The van der Waals surface area contributed by atoms with E-state index in [4.69, 9.17) is 0 Å². The van der Waals surface area contributed by atoms with Gasteiger partial charge >= 0.3 is 5.97 Å². The number of carbonyl (C=O) groups is 1. The number of nitrogens with one attached hydrogen (secondary N) is 1. The average molecular weight is 286 g/mol. The maximum Gasteiger partial charge on any atom is 0.322 e. The monoisotopic (exact) mass is 286 g/mol. The molecule has 1 aromatic heterocycles. The number of carboxylic acid groups (broad SMARTS) is 1. The van der Waals surface area contributed by atoms with Crippen molar-refractivity contribution < 1.29 is 18.3 Å². The van der Waals surface area contributed by atoms with E-state index in [1.54, 1.807) is 0 Å². The first-order chi connectivity index (χ1) is 8.96. The fraction of sp³-hybridized carbons (Fsp3) is 0.583. The van der Waals surface area contributed by atoms with Gasteiger partial charge in [0.05, 0.1) is 4.90 Å². The molecule has 2 N–H and O–H groups in total. The Morgan fingerprint density at radius 2 is 2.32 bits per heavy atom. The first-order valence-corrected chi connectivity index (χ1v) is 7.78. The van der Waals surface area contributed by atoms with Crippen LogP contribution in [0, 0.1) is 5.92 Å². The lowest BCUT2D eigenvalue weighted by atomic mass is 9.90. The zero-order valence-electron chi connectivity index (χ0n) is 10.7. The second-order valence-corrected chi connectivity index (χ2v) is 6.71. The predicted octanol–water partition coefficient (Wildman–Crippen LogP) is 1.28. The third kappa shape index (κ3) is 2.66. The Morgan fingerprint density at radius 3 is 2.84 bits per heavy atom. The standard InChI is InChI=1S/C12H18N2O4S/c1-2-9-4-6-14(11(7-9)12(15)16)19(17,18)10-3-5-13-8-10/h3,5,8-9,11,13H,2,4,6-7H2,1H3,(H,15,16). The van der Waals surface area contributed by atoms with E-state index in [-0.39, 0.29) is 17.4 Å². The summed E-state index contributed by atoms with van der Waals surface area (Å²) in [6.07, 6.45) is 4.86. The van der Waals surface area contributed by atoms with Crippen LogP contribution in [0.5, 0.6) is 0 Å². The van der Waals surface area contributed by atoms with Gasteiger partial charge in [0.25, 0.3) is 0 Å². The van der Waals surface area contributed by atoms with Crippen LogP contribution in [0.1, 0.15) is 26.2 Å². The molecule has 0 radical (unpaired) electrons. The Bertz CT molecular complexity index is 538. The van der Waals surface area contributed by atoms with Gasteiger partial charge in [0, 0.05) is 18.9 Å². The maximum absolute atomic E-state index is 12.4. The Kier molecular flexibility index (Phi) is 3.96. The lowest BCUT2D eigenvalue weighted by molar-refractivity contribution is -0.143. The first-order valence-electron chi connectivity index (χ1n) is 6.34. The smallest absolute Gasteiger partial charge is 0.322 e. The molecule has 6 nitrogen and oxygen atoms in total. The molecule has 2 atom stereocenters. The van der Waals surface area contributed by atoms with Crippen LogP contribution in [0.4, 0.5) is 0 Å². The normalized spacial score (nSPS) is 25.3. The molecular formula is C12H18N2O4S. The third-order valence-electron chi connectivity index (χ3n) is 3.70. The minimum atomic E-state index is -3.72. The van der Waals surface area contributed by atoms with E-state index in [1.165, 1.54) is 18.5 Å². The molecular weight excluding hydrogens is 268 g/mol. The molecule has 1 saturated heterocycles. The molecule has 1 aromatic rings. The fourth-order valence-corrected chi connectivity index (χ4v) is 4.09. The van der Waals surface area contributed by atoms with Crippen molar-refractivity contribution in [3.8, 4) is 0 Å². The topological polar surface area (TPSA) is 90.5 Å². The van der Waals surface area contributed by atoms with Crippen molar-refractivity contribution >= 4 is 16.0 Å². The lowest BCUT2D eigenvalue weighted by Gasteiger charge is -2.35. The third-order valence-corrected chi connectivity index (χ3v) is 5.60. The summed E-state index contributed by atoms with van der Waals surface area (Å²) in [5, 5.41) is 9.27. The SMILES string of the molecule is CCC1CCN(S(=O)(=O)c2cc[nH]c2)C(C(=O)O)C1. The number of H-pyrrole nitrogens is 1. The van der Waals surface area contributed by atoms with Crippen LogP contribution >= 0.6 is 0 Å². The number of carboxylic acids is 1. The molecule has 2 unspecified atom stereocenters. The number of sulfonamides is 1. The molecule has 1 aliphatic heterocycles. The number of aromatic nitrogens is 1. The van der Waals surface area contributed by atoms with E-state index in [0.29, 0.717) is 12.8 Å². The highest BCUT2D eigenvalue weighted by Gasteiger charge is 2.40. The molecule has 2 rings (SSSR count). The largest absolute Gasteiger partial charge is 0.480 e. The highest BCUT2D eigenvalue weighted by Crippen LogP contribution is 2.30. The Balaban J connectivity index is 2.30. The Hall–Kier alpha value is -1.34. The average Bonchev–Trinajstić information content (AvgIpc) is 2.92. The molecule has 106 valence electrons. The van der Waals surface area contributed by atoms with Gasteiger partial charge in [-0.15, -0.1) is 0 Å². The highest BCUT2D eigenvalue weighted by molar-refractivity contribution is 7.89. The van der Waals surface area contributed by atoms with Crippen molar-refractivity contribution in [1.29, 1.82) is 0 Å². The van der Waals surface area contributed by atoms with E-state index in [2.05, 4.69) is 4.98 Å². The summed E-state index contributed by atoms with van der Waals surface area (Å²) in [7, 11) is -3.72. The van der Waals surface area contributed by atoms with Gasteiger partial charge in [-0.1, -0.05) is 13.3 Å². The van der Waals surface area contributed by atoms with E-state index < -0.39 is 22.0 Å². The summed E-state index contributed by atoms with van der Waals surface area (Å²) in [5.74, 6) is -0.795. The summed E-state index contributed by atoms with van der Waals surface area (Å²) in [4.78, 5) is 14.1. The fourth-order valence-electron chi connectivity index (χ4n) is 2.50. The van der Waals surface area contributed by atoms with Crippen LogP contribution in [-0.2, 0) is 14.8 Å². The van der Waals surface area contributed by atoms with Gasteiger partial charge in [-0.3, -0.25) is 4.79 Å². The second-order valence-electron chi connectivity index (χ2n) is 4.82. The zero-order chi connectivity index (χ0) is 14.0. The van der Waals surface area contributed by atoms with Crippen LogP contribution < -0.4 is 0 Å². The van der Waals surface area contributed by atoms with Gasteiger partial charge in [0.15, 0.2) is 0 Å². The van der Waals surface area contributed by atoms with E-state index in [0.717, 1.165) is 10.7 Å². The van der Waals surface area contributed by atoms with Crippen LogP contribution in [0.2, 0.25) is 0 Å². The molecule has 1 fully saturated rings. The molecule has 19 heavy (non-hydrogen) atoms. The Labute approximate surface area is 112 Å². The van der Waals surface area contributed by atoms with Crippen LogP contribution in [-0.4, -0.2) is 41.4 Å². The zero-order valence-corrected chi connectivity index (χ0v) is 11.6. The molecule has 1 aliphatic rings. The minimum Gasteiger partial charge on any atom is -0.480 e. The molecule has 0 aromatic carbocycles. The lowest BCUT2D eigenvalue weighted by Crippen LogP contribution is -2.49. The highest BCUT2D eigenvalue weighted by atomic mass is 32.2. The molecule has 0 spiro atoms. The van der Waals surface area contributed by atoms with Crippen molar-refractivity contribution in [2.24, 2.45) is 5.92 Å². The van der Waals surface area contributed by atoms with Crippen LogP contribution in [0.25, 0.3) is 0 Å². The van der Waals surface area contributed by atoms with Crippen molar-refractivity contribution in [2.45, 2.75) is 37.1 Å². The minimum absolute atomic E-state index is 0.119. The second kappa shape index (κ2) is 5.34. The number of aliphatic carboxylic acids is 1. The van der Waals surface area contributed by atoms with Crippen LogP contribution in [0.15, 0.2) is 23.4 Å².